The summed E-state index contributed by atoms with van der Waals surface area (Å²) in [7, 11) is 0. The molecule has 22 heavy (non-hydrogen) atoms. The van der Waals surface area contributed by atoms with Gasteiger partial charge in [0, 0.05) is 24.5 Å². The van der Waals surface area contributed by atoms with Crippen molar-refractivity contribution in [1.82, 2.24) is 10.2 Å². The molecule has 1 N–H and O–H groups in total. The monoisotopic (exact) mass is 320 g/mol. The number of amides is 1. The number of furan rings is 1. The normalized spacial score (nSPS) is 17.3. The zero-order valence-corrected chi connectivity index (χ0v) is 13.2. The smallest absolute Gasteiger partial charge is 0.225 e. The molecule has 6 heteroatoms. The molecule has 0 bridgehead atoms. The van der Waals surface area contributed by atoms with Crippen LogP contribution in [-0.4, -0.2) is 43.7 Å². The van der Waals surface area contributed by atoms with Gasteiger partial charge in [-0.3, -0.25) is 9.69 Å². The Morgan fingerprint density at radius 2 is 2.18 bits per heavy atom. The average molecular weight is 320 g/mol. The Balaban J connectivity index is 1.59. The standard InChI is InChI=1S/C16H20N2O3S/c19-16(11-13-3-2-10-22-13)17-12-14(15-4-1-7-21-15)18-5-8-20-9-6-18/h1-4,7,10,14H,5-6,8-9,11-12H2,(H,17,19)/t14-/m1/s1. The summed E-state index contributed by atoms with van der Waals surface area (Å²) in [4.78, 5) is 15.5. The first kappa shape index (κ1) is 15.3. The topological polar surface area (TPSA) is 54.7 Å². The van der Waals surface area contributed by atoms with E-state index >= 15 is 0 Å². The van der Waals surface area contributed by atoms with E-state index in [9.17, 15) is 4.79 Å². The Morgan fingerprint density at radius 3 is 2.86 bits per heavy atom. The Labute approximate surface area is 133 Å². The van der Waals surface area contributed by atoms with Gasteiger partial charge in [0.25, 0.3) is 0 Å². The van der Waals surface area contributed by atoms with E-state index in [1.54, 1.807) is 17.6 Å². The minimum Gasteiger partial charge on any atom is -0.468 e. The summed E-state index contributed by atoms with van der Waals surface area (Å²) in [5.41, 5.74) is 0. The van der Waals surface area contributed by atoms with E-state index in [0.29, 0.717) is 13.0 Å². The lowest BCUT2D eigenvalue weighted by Crippen LogP contribution is -2.43. The Morgan fingerprint density at radius 1 is 1.32 bits per heavy atom. The highest BCUT2D eigenvalue weighted by Crippen LogP contribution is 2.21. The average Bonchev–Trinajstić information content (AvgIpc) is 3.22. The number of morpholine rings is 1. The van der Waals surface area contributed by atoms with Crippen molar-refractivity contribution < 1.29 is 13.9 Å². The predicted octanol–water partition coefficient (Wildman–Crippen LogP) is 2.07. The molecule has 0 aromatic carbocycles. The maximum atomic E-state index is 12.1. The minimum atomic E-state index is 0.0484. The fourth-order valence-electron chi connectivity index (χ4n) is 2.62. The van der Waals surface area contributed by atoms with Crippen LogP contribution in [0.3, 0.4) is 0 Å². The molecule has 3 rings (SSSR count). The van der Waals surface area contributed by atoms with E-state index < -0.39 is 0 Å². The zero-order valence-electron chi connectivity index (χ0n) is 12.4. The molecule has 1 aliphatic heterocycles. The third-order valence-corrected chi connectivity index (χ3v) is 4.64. The van der Waals surface area contributed by atoms with Crippen LogP contribution >= 0.6 is 11.3 Å². The molecule has 5 nitrogen and oxygen atoms in total. The Bertz CT molecular complexity index is 562. The van der Waals surface area contributed by atoms with Crippen LogP contribution in [0.4, 0.5) is 0 Å². The fourth-order valence-corrected chi connectivity index (χ4v) is 3.33. The number of carbonyl (C=O) groups excluding carboxylic acids is 1. The highest BCUT2D eigenvalue weighted by atomic mass is 32.1. The molecule has 0 unspecified atom stereocenters. The van der Waals surface area contributed by atoms with Crippen molar-refractivity contribution in [1.29, 1.82) is 0 Å². The maximum Gasteiger partial charge on any atom is 0.225 e. The van der Waals surface area contributed by atoms with Crippen molar-refractivity contribution in [2.75, 3.05) is 32.8 Å². The van der Waals surface area contributed by atoms with Crippen molar-refractivity contribution in [2.24, 2.45) is 0 Å². The molecule has 1 atom stereocenters. The van der Waals surface area contributed by atoms with E-state index in [-0.39, 0.29) is 11.9 Å². The van der Waals surface area contributed by atoms with Gasteiger partial charge in [-0.25, -0.2) is 0 Å². The van der Waals surface area contributed by atoms with Crippen molar-refractivity contribution in [3.05, 3.63) is 46.5 Å². The quantitative estimate of drug-likeness (QED) is 0.885. The molecule has 2 aromatic rings. The van der Waals surface area contributed by atoms with Crippen molar-refractivity contribution in [2.45, 2.75) is 12.5 Å². The molecule has 118 valence electrons. The molecule has 0 radical (unpaired) electrons. The van der Waals surface area contributed by atoms with Crippen LogP contribution in [0.15, 0.2) is 40.3 Å². The highest BCUT2D eigenvalue weighted by Gasteiger charge is 2.25. The molecule has 0 spiro atoms. The van der Waals surface area contributed by atoms with Crippen LogP contribution in [0.5, 0.6) is 0 Å². The molecular weight excluding hydrogens is 300 g/mol. The van der Waals surface area contributed by atoms with E-state index in [4.69, 9.17) is 9.15 Å². The molecule has 2 aromatic heterocycles. The van der Waals surface area contributed by atoms with Gasteiger partial charge in [0.15, 0.2) is 0 Å². The summed E-state index contributed by atoms with van der Waals surface area (Å²) in [6.07, 6.45) is 2.11. The molecular formula is C16H20N2O3S. The molecule has 1 aliphatic rings. The van der Waals surface area contributed by atoms with Gasteiger partial charge in [0.1, 0.15) is 5.76 Å². The van der Waals surface area contributed by atoms with Crippen LogP contribution in [0.2, 0.25) is 0 Å². The highest BCUT2D eigenvalue weighted by molar-refractivity contribution is 7.10. The van der Waals surface area contributed by atoms with Crippen LogP contribution in [0.1, 0.15) is 16.7 Å². The van der Waals surface area contributed by atoms with Crippen LogP contribution < -0.4 is 5.32 Å². The number of ether oxygens (including phenoxy) is 1. The van der Waals surface area contributed by atoms with Crippen LogP contribution in [0.25, 0.3) is 0 Å². The zero-order chi connectivity index (χ0) is 15.2. The second kappa shape index (κ2) is 7.58. The van der Waals surface area contributed by atoms with Gasteiger partial charge in [0.05, 0.1) is 31.9 Å². The van der Waals surface area contributed by atoms with E-state index in [1.807, 2.05) is 29.6 Å². The van der Waals surface area contributed by atoms with Gasteiger partial charge < -0.3 is 14.5 Å². The van der Waals surface area contributed by atoms with Gasteiger partial charge >= 0.3 is 0 Å². The number of nitrogens with one attached hydrogen (secondary N) is 1. The molecule has 3 heterocycles. The Hall–Kier alpha value is -1.63. The maximum absolute atomic E-state index is 12.1. The largest absolute Gasteiger partial charge is 0.468 e. The van der Waals surface area contributed by atoms with E-state index in [2.05, 4.69) is 10.2 Å². The lowest BCUT2D eigenvalue weighted by molar-refractivity contribution is -0.120. The van der Waals surface area contributed by atoms with E-state index in [1.165, 1.54) is 0 Å². The van der Waals surface area contributed by atoms with Gasteiger partial charge in [-0.15, -0.1) is 11.3 Å². The molecule has 1 fully saturated rings. The summed E-state index contributed by atoms with van der Waals surface area (Å²) < 4.78 is 11.0. The van der Waals surface area contributed by atoms with E-state index in [0.717, 1.165) is 36.9 Å². The van der Waals surface area contributed by atoms with Gasteiger partial charge in [-0.05, 0) is 23.6 Å². The second-order valence-corrected chi connectivity index (χ2v) is 6.27. The third kappa shape index (κ3) is 3.97. The van der Waals surface area contributed by atoms with Gasteiger partial charge in [-0.2, -0.15) is 0 Å². The van der Waals surface area contributed by atoms with Crippen molar-refractivity contribution in [3.8, 4) is 0 Å². The van der Waals surface area contributed by atoms with Crippen LogP contribution in [-0.2, 0) is 16.0 Å². The number of carbonyl (C=O) groups is 1. The SMILES string of the molecule is O=C(Cc1cccs1)NC[C@H](c1ccco1)N1CCOCC1. The number of rotatable bonds is 6. The first-order valence-electron chi connectivity index (χ1n) is 7.47. The second-order valence-electron chi connectivity index (χ2n) is 5.24. The molecule has 1 amide bonds. The number of thiophene rings is 1. The summed E-state index contributed by atoms with van der Waals surface area (Å²) in [5, 5.41) is 5.02. The van der Waals surface area contributed by atoms with Crippen molar-refractivity contribution in [3.63, 3.8) is 0 Å². The minimum absolute atomic E-state index is 0.0484. The molecule has 1 saturated heterocycles. The number of hydrogen-bond acceptors (Lipinski definition) is 5. The van der Waals surface area contributed by atoms with Gasteiger partial charge in [0.2, 0.25) is 5.91 Å². The third-order valence-electron chi connectivity index (χ3n) is 3.77. The Kier molecular flexibility index (Phi) is 5.26. The summed E-state index contributed by atoms with van der Waals surface area (Å²) >= 11 is 1.61. The summed E-state index contributed by atoms with van der Waals surface area (Å²) in [6.45, 7) is 3.71. The molecule has 0 aliphatic carbocycles. The number of nitrogens with zero attached hydrogens (tertiary/aromatic N) is 1. The summed E-state index contributed by atoms with van der Waals surface area (Å²) in [6, 6.07) is 7.86. The fraction of sp³-hybridized carbons (Fsp3) is 0.438. The first-order valence-corrected chi connectivity index (χ1v) is 8.35. The van der Waals surface area contributed by atoms with Crippen LogP contribution in [0, 0.1) is 0 Å². The lowest BCUT2D eigenvalue weighted by atomic mass is 10.1. The number of hydrogen-bond donors (Lipinski definition) is 1. The van der Waals surface area contributed by atoms with Gasteiger partial charge in [-0.1, -0.05) is 6.07 Å². The summed E-state index contributed by atoms with van der Waals surface area (Å²) in [5.74, 6) is 0.936. The molecule has 0 saturated carbocycles. The first-order chi connectivity index (χ1) is 10.8. The van der Waals surface area contributed by atoms with Crippen molar-refractivity contribution >= 4 is 17.2 Å². The predicted molar refractivity (Wildman–Crippen MR) is 84.9 cm³/mol. The lowest BCUT2D eigenvalue weighted by Gasteiger charge is -2.33.